The third kappa shape index (κ3) is 5.19. The number of amides is 1. The number of carbonyl (C=O) groups is 1. The van der Waals surface area contributed by atoms with Crippen molar-refractivity contribution in [2.75, 3.05) is 25.1 Å². The van der Waals surface area contributed by atoms with E-state index in [1.807, 2.05) is 0 Å². The molecule has 1 aromatic heterocycles. The minimum Gasteiger partial charge on any atom is -0.381 e. The Balaban J connectivity index is 1.76. The van der Waals surface area contributed by atoms with Gasteiger partial charge in [0.1, 0.15) is 11.6 Å². The Morgan fingerprint density at radius 2 is 1.86 bits per heavy atom. The molecule has 2 aromatic rings. The Hall–Kier alpha value is -2.68. The number of rotatable bonds is 5. The van der Waals surface area contributed by atoms with Crippen LogP contribution in [0.15, 0.2) is 36.5 Å². The maximum absolute atomic E-state index is 13.5. The van der Waals surface area contributed by atoms with Gasteiger partial charge in [-0.1, -0.05) is 0 Å². The van der Waals surface area contributed by atoms with E-state index in [4.69, 9.17) is 4.74 Å². The number of carbonyl (C=O) groups excluding carboxylic acids is 1. The number of ether oxygens (including phenoxy) is 1. The number of pyridine rings is 1. The Morgan fingerprint density at radius 3 is 2.50 bits per heavy atom. The Labute approximate surface area is 159 Å². The van der Waals surface area contributed by atoms with E-state index in [0.717, 1.165) is 25.1 Å². The van der Waals surface area contributed by atoms with Crippen LogP contribution in [0.1, 0.15) is 28.8 Å². The molecular weight excluding hydrogens is 378 g/mol. The van der Waals surface area contributed by atoms with Crippen LogP contribution >= 0.6 is 0 Å². The fraction of sp³-hybridized carbons (Fsp3) is 0.368. The van der Waals surface area contributed by atoms with E-state index in [9.17, 15) is 22.4 Å². The molecule has 0 bridgehead atoms. The second kappa shape index (κ2) is 8.55. The van der Waals surface area contributed by atoms with E-state index in [0.29, 0.717) is 18.9 Å². The van der Waals surface area contributed by atoms with Crippen molar-refractivity contribution < 1.29 is 27.1 Å². The van der Waals surface area contributed by atoms with E-state index in [-0.39, 0.29) is 18.3 Å². The lowest BCUT2D eigenvalue weighted by Gasteiger charge is -2.22. The normalized spacial score (nSPS) is 15.3. The highest BCUT2D eigenvalue weighted by Crippen LogP contribution is 2.33. The van der Waals surface area contributed by atoms with Gasteiger partial charge in [-0.25, -0.2) is 9.37 Å². The third-order valence-electron chi connectivity index (χ3n) is 4.46. The summed E-state index contributed by atoms with van der Waals surface area (Å²) in [6, 6.07) is 5.86. The number of benzene rings is 1. The summed E-state index contributed by atoms with van der Waals surface area (Å²) in [6.45, 7) is 1.45. The fourth-order valence-corrected chi connectivity index (χ4v) is 2.90. The lowest BCUT2D eigenvalue weighted by atomic mass is 10.00. The Morgan fingerprint density at radius 1 is 1.18 bits per heavy atom. The van der Waals surface area contributed by atoms with E-state index in [1.165, 1.54) is 24.3 Å². The predicted octanol–water partition coefficient (Wildman–Crippen LogP) is 4.14. The van der Waals surface area contributed by atoms with Gasteiger partial charge in [-0.2, -0.15) is 13.2 Å². The molecule has 1 saturated heterocycles. The first-order valence-corrected chi connectivity index (χ1v) is 8.78. The van der Waals surface area contributed by atoms with Crippen molar-refractivity contribution >= 4 is 17.4 Å². The molecule has 0 radical (unpaired) electrons. The van der Waals surface area contributed by atoms with Crippen LogP contribution in [0.4, 0.5) is 29.1 Å². The van der Waals surface area contributed by atoms with Crippen LogP contribution in [0.5, 0.6) is 0 Å². The zero-order valence-corrected chi connectivity index (χ0v) is 14.9. The number of anilines is 2. The summed E-state index contributed by atoms with van der Waals surface area (Å²) in [5.41, 5.74) is -1.25. The van der Waals surface area contributed by atoms with Gasteiger partial charge in [-0.05, 0) is 49.1 Å². The first-order chi connectivity index (χ1) is 13.3. The minimum atomic E-state index is -4.73. The standard InChI is InChI=1S/C19H19F4N3O2/c20-13-1-3-14(4-2-13)26-17-9-16(19(21,22)23)15(11-24-17)18(27)25-10-12-5-7-28-8-6-12/h1-4,9,11-12H,5-8,10H2,(H,24,26)(H,25,27). The lowest BCUT2D eigenvalue weighted by molar-refractivity contribution is -0.137. The predicted molar refractivity (Wildman–Crippen MR) is 94.8 cm³/mol. The molecular formula is C19H19F4N3O2. The number of nitrogens with one attached hydrogen (secondary N) is 2. The zero-order chi connectivity index (χ0) is 20.1. The monoisotopic (exact) mass is 397 g/mol. The van der Waals surface area contributed by atoms with Crippen LogP contribution in [-0.4, -0.2) is 30.6 Å². The van der Waals surface area contributed by atoms with Crippen molar-refractivity contribution in [3.8, 4) is 0 Å². The van der Waals surface area contributed by atoms with Crippen LogP contribution in [0.3, 0.4) is 0 Å². The van der Waals surface area contributed by atoms with Crippen LogP contribution in [-0.2, 0) is 10.9 Å². The van der Waals surface area contributed by atoms with Crippen molar-refractivity contribution in [3.63, 3.8) is 0 Å². The Bertz CT molecular complexity index is 819. The third-order valence-corrected chi connectivity index (χ3v) is 4.46. The molecule has 0 spiro atoms. The maximum atomic E-state index is 13.5. The fourth-order valence-electron chi connectivity index (χ4n) is 2.90. The van der Waals surface area contributed by atoms with Crippen LogP contribution in [0.2, 0.25) is 0 Å². The molecule has 2 heterocycles. The number of hydrogen-bond donors (Lipinski definition) is 2. The van der Waals surface area contributed by atoms with Gasteiger partial charge in [-0.15, -0.1) is 0 Å². The van der Waals surface area contributed by atoms with Gasteiger partial charge in [0.15, 0.2) is 0 Å². The summed E-state index contributed by atoms with van der Waals surface area (Å²) in [5, 5.41) is 5.23. The molecule has 1 aliphatic rings. The first-order valence-electron chi connectivity index (χ1n) is 8.78. The number of hydrogen-bond acceptors (Lipinski definition) is 4. The van der Waals surface area contributed by atoms with Crippen LogP contribution in [0, 0.1) is 11.7 Å². The van der Waals surface area contributed by atoms with Gasteiger partial charge in [0.2, 0.25) is 0 Å². The zero-order valence-electron chi connectivity index (χ0n) is 14.9. The summed E-state index contributed by atoms with van der Waals surface area (Å²) in [7, 11) is 0. The molecule has 1 fully saturated rings. The SMILES string of the molecule is O=C(NCC1CCOCC1)c1cnc(Nc2ccc(F)cc2)cc1C(F)(F)F. The highest BCUT2D eigenvalue weighted by Gasteiger charge is 2.36. The molecule has 1 aromatic carbocycles. The molecule has 0 saturated carbocycles. The van der Waals surface area contributed by atoms with Crippen molar-refractivity contribution in [3.05, 3.63) is 53.5 Å². The molecule has 2 N–H and O–H groups in total. The smallest absolute Gasteiger partial charge is 0.381 e. The van der Waals surface area contributed by atoms with Gasteiger partial charge < -0.3 is 15.4 Å². The molecule has 3 rings (SSSR count). The quantitative estimate of drug-likeness (QED) is 0.745. The molecule has 1 amide bonds. The number of nitrogens with zero attached hydrogens (tertiary/aromatic N) is 1. The van der Waals surface area contributed by atoms with E-state index < -0.39 is 29.0 Å². The second-order valence-corrected chi connectivity index (χ2v) is 6.51. The van der Waals surface area contributed by atoms with E-state index in [2.05, 4.69) is 15.6 Å². The molecule has 9 heteroatoms. The highest BCUT2D eigenvalue weighted by molar-refractivity contribution is 5.96. The maximum Gasteiger partial charge on any atom is 0.417 e. The van der Waals surface area contributed by atoms with Crippen molar-refractivity contribution in [1.29, 1.82) is 0 Å². The van der Waals surface area contributed by atoms with Crippen LogP contribution in [0.25, 0.3) is 0 Å². The highest BCUT2D eigenvalue weighted by atomic mass is 19.4. The molecule has 0 aliphatic carbocycles. The number of aromatic nitrogens is 1. The molecule has 5 nitrogen and oxygen atoms in total. The van der Waals surface area contributed by atoms with Gasteiger partial charge in [0, 0.05) is 31.6 Å². The van der Waals surface area contributed by atoms with Gasteiger partial charge >= 0.3 is 6.18 Å². The largest absolute Gasteiger partial charge is 0.417 e. The van der Waals surface area contributed by atoms with Crippen molar-refractivity contribution in [2.24, 2.45) is 5.92 Å². The molecule has 28 heavy (non-hydrogen) atoms. The average molecular weight is 397 g/mol. The minimum absolute atomic E-state index is 0.0973. The topological polar surface area (TPSA) is 63.2 Å². The molecule has 1 aliphatic heterocycles. The van der Waals surface area contributed by atoms with E-state index >= 15 is 0 Å². The summed E-state index contributed by atoms with van der Waals surface area (Å²) in [4.78, 5) is 16.2. The van der Waals surface area contributed by atoms with Gasteiger partial charge in [-0.3, -0.25) is 4.79 Å². The lowest BCUT2D eigenvalue weighted by Crippen LogP contribution is -2.33. The molecule has 0 unspecified atom stereocenters. The number of halogens is 4. The van der Waals surface area contributed by atoms with Crippen molar-refractivity contribution in [1.82, 2.24) is 10.3 Å². The summed E-state index contributed by atoms with van der Waals surface area (Å²) < 4.78 is 58.6. The van der Waals surface area contributed by atoms with Crippen LogP contribution < -0.4 is 10.6 Å². The van der Waals surface area contributed by atoms with Gasteiger partial charge in [0.05, 0.1) is 11.1 Å². The van der Waals surface area contributed by atoms with Crippen molar-refractivity contribution in [2.45, 2.75) is 19.0 Å². The average Bonchev–Trinajstić information content (AvgIpc) is 2.68. The molecule has 0 atom stereocenters. The summed E-state index contributed by atoms with van der Waals surface area (Å²) >= 11 is 0. The number of alkyl halides is 3. The first kappa shape index (κ1) is 20.1. The van der Waals surface area contributed by atoms with Gasteiger partial charge in [0.25, 0.3) is 5.91 Å². The molecule has 150 valence electrons. The summed E-state index contributed by atoms with van der Waals surface area (Å²) in [6.07, 6.45) is -2.32. The van der Waals surface area contributed by atoms with E-state index in [1.54, 1.807) is 0 Å². The Kier molecular flexibility index (Phi) is 6.13. The summed E-state index contributed by atoms with van der Waals surface area (Å²) in [5.74, 6) is -1.20. The second-order valence-electron chi connectivity index (χ2n) is 6.51.